The molecule has 150 valence electrons. The fourth-order valence-electron chi connectivity index (χ4n) is 3.95. The molecule has 1 aliphatic rings. The van der Waals surface area contributed by atoms with Gasteiger partial charge in [-0.2, -0.15) is 0 Å². The molecule has 5 heteroatoms. The number of hydrogen-bond acceptors (Lipinski definition) is 4. The van der Waals surface area contributed by atoms with E-state index in [0.29, 0.717) is 11.8 Å². The van der Waals surface area contributed by atoms with Gasteiger partial charge in [-0.05, 0) is 72.7 Å². The molecule has 0 radical (unpaired) electrons. The normalized spacial score (nSPS) is 18.6. The third kappa shape index (κ3) is 4.11. The van der Waals surface area contributed by atoms with Crippen molar-refractivity contribution in [2.24, 2.45) is 0 Å². The van der Waals surface area contributed by atoms with Crippen LogP contribution in [0.3, 0.4) is 0 Å². The predicted octanol–water partition coefficient (Wildman–Crippen LogP) is 4.40. The van der Waals surface area contributed by atoms with Gasteiger partial charge in [-0.25, -0.2) is 8.42 Å². The van der Waals surface area contributed by atoms with Gasteiger partial charge in [0.15, 0.2) is 9.84 Å². The Morgan fingerprint density at radius 2 is 1.69 bits per heavy atom. The van der Waals surface area contributed by atoms with Crippen LogP contribution in [0.1, 0.15) is 40.8 Å². The van der Waals surface area contributed by atoms with Crippen LogP contribution in [0.2, 0.25) is 0 Å². The molecular formula is C24H25NO3S. The van der Waals surface area contributed by atoms with E-state index < -0.39 is 9.84 Å². The van der Waals surface area contributed by atoms with Gasteiger partial charge >= 0.3 is 0 Å². The molecule has 29 heavy (non-hydrogen) atoms. The van der Waals surface area contributed by atoms with Gasteiger partial charge in [0.05, 0.1) is 17.3 Å². The average Bonchev–Trinajstić information content (AvgIpc) is 3.49. The molecule has 1 saturated carbocycles. The van der Waals surface area contributed by atoms with E-state index >= 15 is 0 Å². The smallest absolute Gasteiger partial charge is 0.180 e. The number of benzene rings is 2. The maximum Gasteiger partial charge on any atom is 0.180 e. The molecule has 4 rings (SSSR count). The lowest BCUT2D eigenvalue weighted by atomic mass is 9.96. The summed E-state index contributed by atoms with van der Waals surface area (Å²) < 4.78 is 24.2. The molecule has 1 heterocycles. The van der Waals surface area contributed by atoms with Crippen molar-refractivity contribution in [3.05, 3.63) is 83.2 Å². The van der Waals surface area contributed by atoms with Crippen LogP contribution >= 0.6 is 0 Å². The van der Waals surface area contributed by atoms with Gasteiger partial charge in [-0.1, -0.05) is 36.4 Å². The number of nitrogens with zero attached hydrogens (tertiary/aromatic N) is 1. The van der Waals surface area contributed by atoms with Crippen molar-refractivity contribution in [1.29, 1.82) is 0 Å². The second-order valence-corrected chi connectivity index (χ2v) is 9.90. The van der Waals surface area contributed by atoms with Crippen LogP contribution in [-0.4, -0.2) is 30.9 Å². The minimum atomic E-state index is -3.43. The highest BCUT2D eigenvalue weighted by atomic mass is 32.2. The molecule has 1 aromatic heterocycles. The molecular weight excluding hydrogens is 382 g/mol. The molecule has 0 spiro atoms. The van der Waals surface area contributed by atoms with E-state index in [-0.39, 0.29) is 17.3 Å². The molecule has 0 amide bonds. The van der Waals surface area contributed by atoms with Crippen molar-refractivity contribution in [2.45, 2.75) is 37.0 Å². The summed E-state index contributed by atoms with van der Waals surface area (Å²) in [6, 6.07) is 19.6. The predicted molar refractivity (Wildman–Crippen MR) is 115 cm³/mol. The lowest BCUT2D eigenvalue weighted by Gasteiger charge is -2.10. The minimum Gasteiger partial charge on any atom is -0.395 e. The van der Waals surface area contributed by atoms with E-state index in [0.717, 1.165) is 23.2 Å². The summed E-state index contributed by atoms with van der Waals surface area (Å²) >= 11 is 0. The maximum atomic E-state index is 12.1. The van der Waals surface area contributed by atoms with Crippen molar-refractivity contribution >= 4 is 9.84 Å². The molecule has 1 fully saturated rings. The third-order valence-electron chi connectivity index (χ3n) is 5.67. The molecule has 1 N–H and O–H groups in total. The van der Waals surface area contributed by atoms with Crippen LogP contribution in [0.4, 0.5) is 0 Å². The molecule has 4 nitrogen and oxygen atoms in total. The van der Waals surface area contributed by atoms with Crippen molar-refractivity contribution < 1.29 is 13.5 Å². The van der Waals surface area contributed by atoms with E-state index in [1.807, 2.05) is 25.1 Å². The number of aryl methyl sites for hydroxylation is 2. The topological polar surface area (TPSA) is 67.3 Å². The van der Waals surface area contributed by atoms with Crippen molar-refractivity contribution in [1.82, 2.24) is 4.98 Å². The zero-order valence-corrected chi connectivity index (χ0v) is 17.5. The van der Waals surface area contributed by atoms with E-state index in [4.69, 9.17) is 10.1 Å². The van der Waals surface area contributed by atoms with Crippen LogP contribution in [0.5, 0.6) is 0 Å². The first-order valence-corrected chi connectivity index (χ1v) is 11.5. The van der Waals surface area contributed by atoms with Crippen LogP contribution in [0, 0.1) is 13.8 Å². The van der Waals surface area contributed by atoms with Crippen LogP contribution in [-0.2, 0) is 9.84 Å². The van der Waals surface area contributed by atoms with Crippen LogP contribution < -0.4 is 0 Å². The van der Waals surface area contributed by atoms with Gasteiger partial charge in [0.1, 0.15) is 0 Å². The number of pyridine rings is 1. The molecule has 0 unspecified atom stereocenters. The Bertz CT molecular complexity index is 1140. The molecule has 2 aromatic carbocycles. The first-order chi connectivity index (χ1) is 13.9. The highest BCUT2D eigenvalue weighted by molar-refractivity contribution is 7.91. The first kappa shape index (κ1) is 19.8. The number of sulfone groups is 1. The van der Waals surface area contributed by atoms with Crippen molar-refractivity contribution in [3.63, 3.8) is 0 Å². The van der Waals surface area contributed by atoms with E-state index in [2.05, 4.69) is 37.3 Å². The number of hydrogen-bond donors (Lipinski definition) is 1. The summed E-state index contributed by atoms with van der Waals surface area (Å²) in [6.45, 7) is 3.80. The monoisotopic (exact) mass is 407 g/mol. The Kier molecular flexibility index (Phi) is 5.28. The maximum absolute atomic E-state index is 12.1. The minimum absolute atomic E-state index is 0.246. The Morgan fingerprint density at radius 1 is 0.966 bits per heavy atom. The summed E-state index contributed by atoms with van der Waals surface area (Å²) in [7, 11) is -3.43. The Morgan fingerprint density at radius 3 is 2.38 bits per heavy atom. The first-order valence-electron chi connectivity index (χ1n) is 9.87. The second kappa shape index (κ2) is 7.73. The fourth-order valence-corrected chi connectivity index (χ4v) is 4.98. The number of aromatic nitrogens is 1. The Balaban J connectivity index is 1.60. The highest BCUT2D eigenvalue weighted by Gasteiger charge is 2.41. The van der Waals surface area contributed by atoms with Crippen LogP contribution in [0.25, 0.3) is 11.1 Å². The molecule has 0 saturated heterocycles. The average molecular weight is 408 g/mol. The molecule has 2 atom stereocenters. The third-order valence-corrected chi connectivity index (χ3v) is 7.38. The molecule has 0 bridgehead atoms. The standard InChI is InChI=1S/C24H25NO3S/c1-16-6-7-19(18-8-10-20(11-9-18)29(27,28)13-12-26)14-21(16)22-15-23(22)24-5-3-4-17(2)25-24/h3-11,14,22-23,26H,12-13,15H2,1-2H3/t22-,23-/m0/s1. The van der Waals surface area contributed by atoms with Crippen LogP contribution in [0.15, 0.2) is 65.6 Å². The van der Waals surface area contributed by atoms with Gasteiger partial charge in [0.2, 0.25) is 0 Å². The van der Waals surface area contributed by atoms with Crippen molar-refractivity contribution in [2.75, 3.05) is 12.4 Å². The number of rotatable bonds is 6. The van der Waals surface area contributed by atoms with Gasteiger partial charge in [0.25, 0.3) is 0 Å². The van der Waals surface area contributed by atoms with E-state index in [1.54, 1.807) is 12.1 Å². The van der Waals surface area contributed by atoms with Gasteiger partial charge in [-0.15, -0.1) is 0 Å². The summed E-state index contributed by atoms with van der Waals surface area (Å²) in [6.07, 6.45) is 1.11. The summed E-state index contributed by atoms with van der Waals surface area (Å²) in [5, 5.41) is 8.95. The summed E-state index contributed by atoms with van der Waals surface area (Å²) in [5.41, 5.74) is 6.90. The van der Waals surface area contributed by atoms with Gasteiger partial charge < -0.3 is 5.11 Å². The quantitative estimate of drug-likeness (QED) is 0.658. The number of aliphatic hydroxyl groups excluding tert-OH is 1. The summed E-state index contributed by atoms with van der Waals surface area (Å²) in [5.74, 6) is 0.695. The lowest BCUT2D eigenvalue weighted by Crippen LogP contribution is -2.09. The lowest BCUT2D eigenvalue weighted by molar-refractivity contribution is 0.319. The van der Waals surface area contributed by atoms with E-state index in [1.165, 1.54) is 16.8 Å². The highest BCUT2D eigenvalue weighted by Crippen LogP contribution is 2.55. The van der Waals surface area contributed by atoms with Gasteiger partial charge in [0, 0.05) is 17.3 Å². The number of aliphatic hydroxyl groups is 1. The SMILES string of the molecule is Cc1cccc([C@H]2C[C@H]2c2cc(-c3ccc(S(=O)(=O)CCO)cc3)ccc2C)n1. The zero-order valence-electron chi connectivity index (χ0n) is 16.7. The molecule has 0 aliphatic heterocycles. The largest absolute Gasteiger partial charge is 0.395 e. The Labute approximate surface area is 172 Å². The van der Waals surface area contributed by atoms with Gasteiger partial charge in [-0.3, -0.25) is 4.98 Å². The summed E-state index contributed by atoms with van der Waals surface area (Å²) in [4.78, 5) is 4.94. The molecule has 1 aliphatic carbocycles. The zero-order chi connectivity index (χ0) is 20.6. The van der Waals surface area contributed by atoms with Crippen molar-refractivity contribution in [3.8, 4) is 11.1 Å². The Hall–Kier alpha value is -2.50. The fraction of sp³-hybridized carbons (Fsp3) is 0.292. The second-order valence-electron chi connectivity index (χ2n) is 7.79. The molecule has 3 aromatic rings. The van der Waals surface area contributed by atoms with E-state index in [9.17, 15) is 8.42 Å².